The van der Waals surface area contributed by atoms with Crippen molar-refractivity contribution in [2.45, 2.75) is 32.6 Å². The molecule has 1 atom stereocenters. The van der Waals surface area contributed by atoms with Gasteiger partial charge in [-0.15, -0.1) is 6.58 Å². The average molecular weight is 456 g/mol. The van der Waals surface area contributed by atoms with Gasteiger partial charge in [-0.2, -0.15) is 5.26 Å². The van der Waals surface area contributed by atoms with Gasteiger partial charge in [0.25, 0.3) is 5.91 Å². The lowest BCUT2D eigenvalue weighted by Crippen LogP contribution is -2.40. The molecule has 4 rings (SSSR count). The molecule has 1 aromatic carbocycles. The van der Waals surface area contributed by atoms with Crippen LogP contribution in [0, 0.1) is 24.2 Å². The first-order valence-electron chi connectivity index (χ1n) is 11.5. The number of nitrogens with one attached hydrogen (secondary N) is 1. The summed E-state index contributed by atoms with van der Waals surface area (Å²) in [5.41, 5.74) is 4.56. The number of pyridine rings is 1. The number of aromatic nitrogens is 2. The molecule has 1 saturated heterocycles. The highest BCUT2D eigenvalue weighted by molar-refractivity contribution is 6.06. The van der Waals surface area contributed by atoms with E-state index in [1.807, 2.05) is 30.4 Å². The maximum absolute atomic E-state index is 12.8. The Kier molecular flexibility index (Phi) is 6.51. The van der Waals surface area contributed by atoms with E-state index in [4.69, 9.17) is 5.26 Å². The van der Waals surface area contributed by atoms with Crippen LogP contribution < -0.4 is 5.32 Å². The van der Waals surface area contributed by atoms with E-state index in [2.05, 4.69) is 29.1 Å². The fourth-order valence-corrected chi connectivity index (χ4v) is 4.70. The molecule has 2 aromatic heterocycles. The third kappa shape index (κ3) is 4.32. The Bertz CT molecular complexity index is 1310. The SMILES string of the molecule is C=CC(C)C(=O)N1CCC(c2cn(C)c3ncc(NC(=O)c4cccc(C#N)c4)c(C)c23)CC1. The van der Waals surface area contributed by atoms with E-state index in [1.54, 1.807) is 36.5 Å². The Morgan fingerprint density at radius 3 is 2.74 bits per heavy atom. The Morgan fingerprint density at radius 1 is 1.32 bits per heavy atom. The zero-order valence-electron chi connectivity index (χ0n) is 19.8. The summed E-state index contributed by atoms with van der Waals surface area (Å²) in [5.74, 6) is 0.00259. The first-order valence-corrected chi connectivity index (χ1v) is 11.5. The normalized spacial score (nSPS) is 15.1. The monoisotopic (exact) mass is 455 g/mol. The summed E-state index contributed by atoms with van der Waals surface area (Å²) >= 11 is 0. The molecule has 7 nitrogen and oxygen atoms in total. The van der Waals surface area contributed by atoms with Crippen LogP contribution in [0.1, 0.15) is 52.7 Å². The number of fused-ring (bicyclic) bond motifs is 1. The van der Waals surface area contributed by atoms with Crippen molar-refractivity contribution in [1.29, 1.82) is 5.26 Å². The maximum Gasteiger partial charge on any atom is 0.255 e. The first kappa shape index (κ1) is 23.2. The van der Waals surface area contributed by atoms with Crippen molar-refractivity contribution in [3.63, 3.8) is 0 Å². The summed E-state index contributed by atoms with van der Waals surface area (Å²) in [7, 11) is 1.98. The van der Waals surface area contributed by atoms with Gasteiger partial charge < -0.3 is 14.8 Å². The van der Waals surface area contributed by atoms with E-state index in [-0.39, 0.29) is 17.7 Å². The van der Waals surface area contributed by atoms with E-state index in [9.17, 15) is 9.59 Å². The minimum atomic E-state index is -0.276. The molecular formula is C27H29N5O2. The van der Waals surface area contributed by atoms with Gasteiger partial charge in [-0.25, -0.2) is 4.98 Å². The van der Waals surface area contributed by atoms with Gasteiger partial charge in [0.05, 0.1) is 29.4 Å². The number of nitriles is 1. The number of benzene rings is 1. The second-order valence-corrected chi connectivity index (χ2v) is 8.96. The maximum atomic E-state index is 12.8. The number of aryl methyl sites for hydroxylation is 2. The van der Waals surface area contributed by atoms with Gasteiger partial charge in [-0.05, 0) is 55.0 Å². The molecule has 7 heteroatoms. The van der Waals surface area contributed by atoms with Gasteiger partial charge in [-0.1, -0.05) is 19.1 Å². The first-order chi connectivity index (χ1) is 16.3. The number of nitrogens with zero attached hydrogens (tertiary/aromatic N) is 4. The van der Waals surface area contributed by atoms with Crippen LogP contribution in [0.25, 0.3) is 11.0 Å². The molecule has 0 bridgehead atoms. The summed E-state index contributed by atoms with van der Waals surface area (Å²) in [4.78, 5) is 31.9. The van der Waals surface area contributed by atoms with Crippen LogP contribution in [-0.4, -0.2) is 39.4 Å². The second-order valence-electron chi connectivity index (χ2n) is 8.96. The van der Waals surface area contributed by atoms with Crippen LogP contribution in [-0.2, 0) is 11.8 Å². The Hall–Kier alpha value is -3.92. The van der Waals surface area contributed by atoms with E-state index < -0.39 is 0 Å². The van der Waals surface area contributed by atoms with Crippen LogP contribution in [0.5, 0.6) is 0 Å². The van der Waals surface area contributed by atoms with Crippen molar-refractivity contribution in [2.75, 3.05) is 18.4 Å². The van der Waals surface area contributed by atoms with E-state index in [0.29, 0.717) is 22.7 Å². The number of carbonyl (C=O) groups is 2. The Morgan fingerprint density at radius 2 is 2.06 bits per heavy atom. The smallest absolute Gasteiger partial charge is 0.255 e. The van der Waals surface area contributed by atoms with E-state index in [0.717, 1.165) is 42.5 Å². The van der Waals surface area contributed by atoms with E-state index in [1.165, 1.54) is 5.56 Å². The van der Waals surface area contributed by atoms with Gasteiger partial charge in [-0.3, -0.25) is 9.59 Å². The molecule has 1 fully saturated rings. The molecule has 0 saturated carbocycles. The minimum absolute atomic E-state index is 0.134. The molecule has 1 aliphatic heterocycles. The number of amides is 2. The molecule has 1 N–H and O–H groups in total. The number of carbonyl (C=O) groups excluding carboxylic acids is 2. The molecule has 0 radical (unpaired) electrons. The van der Waals surface area contributed by atoms with Crippen molar-refractivity contribution >= 4 is 28.5 Å². The molecule has 3 heterocycles. The zero-order valence-corrected chi connectivity index (χ0v) is 19.8. The predicted molar refractivity (Wildman–Crippen MR) is 132 cm³/mol. The Balaban J connectivity index is 1.60. The number of hydrogen-bond acceptors (Lipinski definition) is 4. The van der Waals surface area contributed by atoms with Crippen LogP contribution in [0.15, 0.2) is 49.3 Å². The quantitative estimate of drug-likeness (QED) is 0.572. The number of anilines is 1. The molecule has 174 valence electrons. The summed E-state index contributed by atoms with van der Waals surface area (Å²) in [6.07, 6.45) is 7.27. The van der Waals surface area contributed by atoms with Gasteiger partial charge in [0.15, 0.2) is 0 Å². The van der Waals surface area contributed by atoms with Gasteiger partial charge in [0.2, 0.25) is 5.91 Å². The van der Waals surface area contributed by atoms with Crippen LogP contribution >= 0.6 is 0 Å². The number of piperidine rings is 1. The van der Waals surface area contributed by atoms with Crippen molar-refractivity contribution in [2.24, 2.45) is 13.0 Å². The predicted octanol–water partition coefficient (Wildman–Crippen LogP) is 4.53. The summed E-state index contributed by atoms with van der Waals surface area (Å²) in [6, 6.07) is 8.70. The van der Waals surface area contributed by atoms with Gasteiger partial charge >= 0.3 is 0 Å². The topological polar surface area (TPSA) is 91.0 Å². The summed E-state index contributed by atoms with van der Waals surface area (Å²) in [6.45, 7) is 9.06. The summed E-state index contributed by atoms with van der Waals surface area (Å²) < 4.78 is 2.02. The molecule has 34 heavy (non-hydrogen) atoms. The van der Waals surface area contributed by atoms with Crippen molar-refractivity contribution in [3.8, 4) is 6.07 Å². The lowest BCUT2D eigenvalue weighted by molar-refractivity contribution is -0.134. The van der Waals surface area contributed by atoms with Crippen molar-refractivity contribution in [1.82, 2.24) is 14.5 Å². The molecule has 3 aromatic rings. The number of hydrogen-bond donors (Lipinski definition) is 1. The standard InChI is InChI=1S/C27H29N5O2/c1-5-17(2)27(34)32-11-9-20(10-12-32)22-16-31(4)25-24(22)18(3)23(15-29-25)30-26(33)21-8-6-7-19(13-21)14-28/h5-8,13,15-17,20H,1,9-12H2,2-4H3,(H,30,33). The summed E-state index contributed by atoms with van der Waals surface area (Å²) in [5, 5.41) is 13.1. The fourth-order valence-electron chi connectivity index (χ4n) is 4.70. The number of rotatable bonds is 5. The minimum Gasteiger partial charge on any atom is -0.342 e. The van der Waals surface area contributed by atoms with Crippen LogP contribution in [0.3, 0.4) is 0 Å². The molecule has 0 aliphatic carbocycles. The highest BCUT2D eigenvalue weighted by atomic mass is 16.2. The fraction of sp³-hybridized carbons (Fsp3) is 0.333. The molecular weight excluding hydrogens is 426 g/mol. The molecule has 1 unspecified atom stereocenters. The van der Waals surface area contributed by atoms with Gasteiger partial charge in [0, 0.05) is 37.3 Å². The lowest BCUT2D eigenvalue weighted by Gasteiger charge is -2.33. The van der Waals surface area contributed by atoms with Crippen LogP contribution in [0.4, 0.5) is 5.69 Å². The third-order valence-corrected chi connectivity index (χ3v) is 6.77. The highest BCUT2D eigenvalue weighted by Crippen LogP contribution is 2.37. The highest BCUT2D eigenvalue weighted by Gasteiger charge is 2.28. The molecule has 2 amide bonds. The third-order valence-electron chi connectivity index (χ3n) is 6.77. The lowest BCUT2D eigenvalue weighted by atomic mass is 9.88. The van der Waals surface area contributed by atoms with Crippen molar-refractivity contribution < 1.29 is 9.59 Å². The molecule has 0 spiro atoms. The van der Waals surface area contributed by atoms with Crippen molar-refractivity contribution in [3.05, 3.63) is 71.6 Å². The van der Waals surface area contributed by atoms with Crippen LogP contribution in [0.2, 0.25) is 0 Å². The van der Waals surface area contributed by atoms with Gasteiger partial charge in [0.1, 0.15) is 5.65 Å². The zero-order chi connectivity index (χ0) is 24.4. The largest absolute Gasteiger partial charge is 0.342 e. The van der Waals surface area contributed by atoms with E-state index >= 15 is 0 Å². The average Bonchev–Trinajstić information content (AvgIpc) is 3.21. The number of likely N-dealkylation sites (tertiary alicyclic amines) is 1. The molecule has 1 aliphatic rings. The Labute approximate surface area is 199 Å². The second kappa shape index (κ2) is 9.52.